The van der Waals surface area contributed by atoms with Gasteiger partial charge in [0.05, 0.1) is 12.7 Å². The molecule has 0 aliphatic heterocycles. The van der Waals surface area contributed by atoms with Crippen LogP contribution in [0, 0.1) is 0 Å². The Morgan fingerprint density at radius 3 is 2.62 bits per heavy atom. The van der Waals surface area contributed by atoms with E-state index in [4.69, 9.17) is 25.8 Å². The molecule has 0 saturated carbocycles. The normalized spacial score (nSPS) is 10.7. The van der Waals surface area contributed by atoms with Crippen molar-refractivity contribution in [3.8, 4) is 17.8 Å². The zero-order chi connectivity index (χ0) is 15.2. The predicted octanol–water partition coefficient (Wildman–Crippen LogP) is 3.25. The van der Waals surface area contributed by atoms with Gasteiger partial charge in [0.15, 0.2) is 0 Å². The van der Waals surface area contributed by atoms with Gasteiger partial charge < -0.3 is 14.2 Å². The Morgan fingerprint density at radius 1 is 1.14 bits per heavy atom. The lowest BCUT2D eigenvalue weighted by Crippen LogP contribution is -2.09. The van der Waals surface area contributed by atoms with E-state index in [1.807, 2.05) is 32.0 Å². The van der Waals surface area contributed by atoms with Crippen molar-refractivity contribution in [1.82, 2.24) is 15.0 Å². The lowest BCUT2D eigenvalue weighted by Gasteiger charge is -2.09. The molecule has 0 radical (unpaired) electrons. The van der Waals surface area contributed by atoms with Gasteiger partial charge in [-0.2, -0.15) is 9.97 Å². The predicted molar refractivity (Wildman–Crippen MR) is 77.8 cm³/mol. The third-order valence-corrected chi connectivity index (χ3v) is 2.50. The van der Waals surface area contributed by atoms with Crippen molar-refractivity contribution in [3.63, 3.8) is 0 Å². The van der Waals surface area contributed by atoms with Gasteiger partial charge in [-0.15, -0.1) is 4.98 Å². The molecule has 0 fully saturated rings. The van der Waals surface area contributed by atoms with Crippen LogP contribution in [0.5, 0.6) is 17.8 Å². The summed E-state index contributed by atoms with van der Waals surface area (Å²) in [4.78, 5) is 11.9. The Bertz CT molecular complexity index is 608. The summed E-state index contributed by atoms with van der Waals surface area (Å²) < 4.78 is 16.1. The van der Waals surface area contributed by atoms with Gasteiger partial charge in [0, 0.05) is 7.11 Å². The Kier molecular flexibility index (Phi) is 5.30. The van der Waals surface area contributed by atoms with E-state index in [1.165, 1.54) is 0 Å². The molecule has 0 aliphatic rings. The minimum atomic E-state index is -0.0682. The van der Waals surface area contributed by atoms with Crippen molar-refractivity contribution in [1.29, 1.82) is 0 Å². The average Bonchev–Trinajstić information content (AvgIpc) is 2.37. The van der Waals surface area contributed by atoms with Gasteiger partial charge in [-0.05, 0) is 43.1 Å². The largest absolute Gasteiger partial charge is 0.461 e. The highest BCUT2D eigenvalue weighted by molar-refractivity contribution is 6.28. The van der Waals surface area contributed by atoms with Crippen LogP contribution < -0.4 is 9.47 Å². The second kappa shape index (κ2) is 7.19. The van der Waals surface area contributed by atoms with Crippen molar-refractivity contribution < 1.29 is 14.2 Å². The van der Waals surface area contributed by atoms with E-state index in [2.05, 4.69) is 15.0 Å². The van der Waals surface area contributed by atoms with Crippen LogP contribution in [0.1, 0.15) is 19.4 Å². The van der Waals surface area contributed by atoms with Crippen LogP contribution in [0.25, 0.3) is 0 Å². The molecule has 0 spiro atoms. The van der Waals surface area contributed by atoms with Crippen molar-refractivity contribution in [2.45, 2.75) is 26.6 Å². The molecule has 0 amide bonds. The number of benzene rings is 1. The number of nitrogens with zero attached hydrogens (tertiary/aromatic N) is 3. The van der Waals surface area contributed by atoms with E-state index >= 15 is 0 Å². The highest BCUT2D eigenvalue weighted by atomic mass is 35.5. The number of hydrogen-bond donors (Lipinski definition) is 0. The first-order valence-corrected chi connectivity index (χ1v) is 6.78. The highest BCUT2D eigenvalue weighted by Gasteiger charge is 2.10. The summed E-state index contributed by atoms with van der Waals surface area (Å²) >= 11 is 5.84. The van der Waals surface area contributed by atoms with Gasteiger partial charge in [0.25, 0.3) is 0 Å². The fourth-order valence-electron chi connectivity index (χ4n) is 1.59. The zero-order valence-corrected chi connectivity index (χ0v) is 12.8. The van der Waals surface area contributed by atoms with E-state index in [0.29, 0.717) is 12.4 Å². The molecular formula is C14H16ClN3O3. The summed E-state index contributed by atoms with van der Waals surface area (Å²) in [5, 5.41) is 0.0173. The second-order valence-electron chi connectivity index (χ2n) is 4.52. The quantitative estimate of drug-likeness (QED) is 0.816. The summed E-state index contributed by atoms with van der Waals surface area (Å²) in [7, 11) is 1.63. The number of methoxy groups -OCH3 is 1. The Labute approximate surface area is 128 Å². The molecule has 0 aliphatic carbocycles. The molecule has 1 aromatic carbocycles. The van der Waals surface area contributed by atoms with Crippen LogP contribution in [0.4, 0.5) is 0 Å². The monoisotopic (exact) mass is 309 g/mol. The summed E-state index contributed by atoms with van der Waals surface area (Å²) in [6, 6.07) is 7.64. The molecule has 2 rings (SSSR count). The van der Waals surface area contributed by atoms with Crippen LogP contribution >= 0.6 is 11.6 Å². The van der Waals surface area contributed by atoms with Gasteiger partial charge in [0.1, 0.15) is 5.75 Å². The smallest absolute Gasteiger partial charge is 0.329 e. The standard InChI is InChI=1S/C14H16ClN3O3/c1-9(2)20-13-16-12(15)17-14(18-13)21-11-6-4-5-10(7-11)8-19-3/h4-7,9H,8H2,1-3H3. The number of ether oxygens (including phenoxy) is 3. The minimum Gasteiger partial charge on any atom is -0.461 e. The number of hydrogen-bond acceptors (Lipinski definition) is 6. The van der Waals surface area contributed by atoms with Crippen LogP contribution in [-0.2, 0) is 11.3 Å². The molecule has 1 aromatic heterocycles. The topological polar surface area (TPSA) is 66.4 Å². The summed E-state index contributed by atoms with van der Waals surface area (Å²) in [5.74, 6) is 0.585. The molecule has 112 valence electrons. The van der Waals surface area contributed by atoms with E-state index in [0.717, 1.165) is 5.56 Å². The van der Waals surface area contributed by atoms with Crippen LogP contribution in [0.3, 0.4) is 0 Å². The molecule has 0 N–H and O–H groups in total. The average molecular weight is 310 g/mol. The van der Waals surface area contributed by atoms with Crippen molar-refractivity contribution in [3.05, 3.63) is 35.1 Å². The molecule has 21 heavy (non-hydrogen) atoms. The van der Waals surface area contributed by atoms with Gasteiger partial charge in [-0.3, -0.25) is 0 Å². The van der Waals surface area contributed by atoms with Crippen molar-refractivity contribution in [2.24, 2.45) is 0 Å². The van der Waals surface area contributed by atoms with E-state index < -0.39 is 0 Å². The molecule has 2 aromatic rings. The first-order valence-electron chi connectivity index (χ1n) is 6.41. The molecule has 0 atom stereocenters. The number of rotatable bonds is 6. The second-order valence-corrected chi connectivity index (χ2v) is 4.86. The Balaban J connectivity index is 2.18. The summed E-state index contributed by atoms with van der Waals surface area (Å²) in [5.41, 5.74) is 0.980. The molecular weight excluding hydrogens is 294 g/mol. The van der Waals surface area contributed by atoms with Gasteiger partial charge in [0.2, 0.25) is 5.28 Å². The molecule has 1 heterocycles. The fraction of sp³-hybridized carbons (Fsp3) is 0.357. The van der Waals surface area contributed by atoms with Gasteiger partial charge in [-0.1, -0.05) is 12.1 Å². The first-order chi connectivity index (χ1) is 10.1. The van der Waals surface area contributed by atoms with Crippen LogP contribution in [0.15, 0.2) is 24.3 Å². The minimum absolute atomic E-state index is 0.0173. The van der Waals surface area contributed by atoms with Gasteiger partial charge in [-0.25, -0.2) is 0 Å². The van der Waals surface area contributed by atoms with E-state index in [1.54, 1.807) is 13.2 Å². The molecule has 0 unspecified atom stereocenters. The van der Waals surface area contributed by atoms with E-state index in [-0.39, 0.29) is 23.4 Å². The lowest BCUT2D eigenvalue weighted by molar-refractivity contribution is 0.184. The van der Waals surface area contributed by atoms with Gasteiger partial charge >= 0.3 is 12.0 Å². The molecule has 0 bridgehead atoms. The molecule has 7 heteroatoms. The maximum absolute atomic E-state index is 5.84. The summed E-state index contributed by atoms with van der Waals surface area (Å²) in [6.45, 7) is 4.23. The third kappa shape index (κ3) is 4.84. The SMILES string of the molecule is COCc1cccc(Oc2nc(Cl)nc(OC(C)C)n2)c1. The summed E-state index contributed by atoms with van der Waals surface area (Å²) in [6.07, 6.45) is -0.0682. The Hall–Kier alpha value is -1.92. The lowest BCUT2D eigenvalue weighted by atomic mass is 10.2. The number of halogens is 1. The fourth-order valence-corrected chi connectivity index (χ4v) is 1.74. The highest BCUT2D eigenvalue weighted by Crippen LogP contribution is 2.22. The molecule has 0 saturated heterocycles. The maximum atomic E-state index is 5.84. The Morgan fingerprint density at radius 2 is 1.90 bits per heavy atom. The number of aromatic nitrogens is 3. The van der Waals surface area contributed by atoms with Crippen molar-refractivity contribution >= 4 is 11.6 Å². The van der Waals surface area contributed by atoms with Crippen molar-refractivity contribution in [2.75, 3.05) is 7.11 Å². The maximum Gasteiger partial charge on any atom is 0.329 e. The third-order valence-electron chi connectivity index (χ3n) is 2.33. The van der Waals surface area contributed by atoms with Crippen LogP contribution in [-0.4, -0.2) is 28.2 Å². The zero-order valence-electron chi connectivity index (χ0n) is 12.0. The molecule has 6 nitrogen and oxygen atoms in total. The van der Waals surface area contributed by atoms with Crippen LogP contribution in [0.2, 0.25) is 5.28 Å². The first kappa shape index (κ1) is 15.5. The van der Waals surface area contributed by atoms with E-state index in [9.17, 15) is 0 Å².